The summed E-state index contributed by atoms with van der Waals surface area (Å²) in [5.74, 6) is -0.852. The van der Waals surface area contributed by atoms with Crippen molar-refractivity contribution >= 4 is 46.6 Å². The van der Waals surface area contributed by atoms with E-state index in [2.05, 4.69) is 44.2 Å². The number of fused-ring (bicyclic) bond motifs is 5. The molecule has 222 valence electrons. The maximum Gasteiger partial charge on any atom is 0.198 e. The molecule has 0 unspecified atom stereocenters. The molecule has 4 nitrogen and oxygen atoms in total. The second-order valence-corrected chi connectivity index (χ2v) is 13.9. The third kappa shape index (κ3) is 3.98. The first-order chi connectivity index (χ1) is 22.0. The van der Waals surface area contributed by atoms with Crippen LogP contribution in [0.2, 0.25) is 0 Å². The SMILES string of the molecule is Cc1cccc2c1C(=O)/C(=C/c1ccc3c(c1)C(C)(C)c1cc(-c4ccc(/C=C5\C(=O)c6cccc(C)c6C5=O)s4)ccc1-3)C2=O. The average Bonchev–Trinajstić information content (AvgIpc) is 3.74. The summed E-state index contributed by atoms with van der Waals surface area (Å²) in [5.41, 5.74) is 10.3. The van der Waals surface area contributed by atoms with Gasteiger partial charge in [-0.15, -0.1) is 11.3 Å². The van der Waals surface area contributed by atoms with E-state index in [0.29, 0.717) is 22.3 Å². The summed E-state index contributed by atoms with van der Waals surface area (Å²) in [4.78, 5) is 54.4. The zero-order valence-corrected chi connectivity index (χ0v) is 26.6. The lowest BCUT2D eigenvalue weighted by atomic mass is 9.81. The number of allylic oxidation sites excluding steroid dienone is 2. The van der Waals surface area contributed by atoms with Crippen molar-refractivity contribution < 1.29 is 19.2 Å². The molecule has 0 bridgehead atoms. The van der Waals surface area contributed by atoms with Crippen LogP contribution in [-0.2, 0) is 5.41 Å². The molecule has 4 aromatic carbocycles. The monoisotopic (exact) mass is 616 g/mol. The van der Waals surface area contributed by atoms with E-state index in [1.54, 1.807) is 35.6 Å². The Morgan fingerprint density at radius 2 is 1.13 bits per heavy atom. The average molecular weight is 617 g/mol. The van der Waals surface area contributed by atoms with Crippen LogP contribution in [0.15, 0.2) is 96.1 Å². The maximum atomic E-state index is 13.2. The molecule has 0 radical (unpaired) electrons. The highest BCUT2D eigenvalue weighted by Gasteiger charge is 2.38. The third-order valence-electron chi connectivity index (χ3n) is 9.68. The number of benzene rings is 4. The number of carbonyl (C=O) groups is 4. The van der Waals surface area contributed by atoms with Crippen LogP contribution in [0.4, 0.5) is 0 Å². The first-order valence-corrected chi connectivity index (χ1v) is 16.1. The molecule has 8 rings (SSSR count). The molecule has 0 saturated carbocycles. The Hall–Kier alpha value is -5.26. The van der Waals surface area contributed by atoms with E-state index in [-0.39, 0.29) is 39.7 Å². The van der Waals surface area contributed by atoms with Crippen LogP contribution in [0, 0.1) is 13.8 Å². The predicted molar refractivity (Wildman–Crippen MR) is 183 cm³/mol. The van der Waals surface area contributed by atoms with Gasteiger partial charge in [0.15, 0.2) is 23.1 Å². The van der Waals surface area contributed by atoms with Gasteiger partial charge in [0.25, 0.3) is 0 Å². The van der Waals surface area contributed by atoms with Gasteiger partial charge in [0.05, 0.1) is 11.1 Å². The van der Waals surface area contributed by atoms with Crippen molar-refractivity contribution in [2.24, 2.45) is 0 Å². The van der Waals surface area contributed by atoms with E-state index in [9.17, 15) is 19.2 Å². The van der Waals surface area contributed by atoms with Gasteiger partial charge in [-0.3, -0.25) is 19.2 Å². The Kier molecular flexibility index (Phi) is 6.06. The molecular weight excluding hydrogens is 589 g/mol. The summed E-state index contributed by atoms with van der Waals surface area (Å²) < 4.78 is 0. The molecule has 0 saturated heterocycles. The number of hydrogen-bond donors (Lipinski definition) is 0. The third-order valence-corrected chi connectivity index (χ3v) is 10.8. The number of Topliss-reactive ketones (excluding diaryl/α,β-unsaturated/α-hetero) is 4. The summed E-state index contributed by atoms with van der Waals surface area (Å²) in [6, 6.07) is 27.5. The van der Waals surface area contributed by atoms with Crippen LogP contribution in [0.1, 0.15) is 88.0 Å². The molecular formula is C41H28O4S. The van der Waals surface area contributed by atoms with Crippen molar-refractivity contribution in [2.75, 3.05) is 0 Å². The van der Waals surface area contributed by atoms with Gasteiger partial charge in [-0.25, -0.2) is 0 Å². The minimum atomic E-state index is -0.313. The summed E-state index contributed by atoms with van der Waals surface area (Å²) in [7, 11) is 0. The van der Waals surface area contributed by atoms with Crippen LogP contribution in [0.25, 0.3) is 33.7 Å². The Bertz CT molecular complexity index is 2320. The normalized spacial score (nSPS) is 17.6. The number of ketones is 4. The van der Waals surface area contributed by atoms with E-state index < -0.39 is 0 Å². The lowest BCUT2D eigenvalue weighted by Crippen LogP contribution is -2.15. The van der Waals surface area contributed by atoms with E-state index in [4.69, 9.17) is 0 Å². The van der Waals surface area contributed by atoms with Crippen molar-refractivity contribution in [1.29, 1.82) is 0 Å². The zero-order chi connectivity index (χ0) is 32.1. The molecule has 5 heteroatoms. The van der Waals surface area contributed by atoms with Gasteiger partial charge in [0.2, 0.25) is 0 Å². The van der Waals surface area contributed by atoms with Crippen LogP contribution in [0.5, 0.6) is 0 Å². The van der Waals surface area contributed by atoms with Crippen molar-refractivity contribution in [3.05, 3.63) is 151 Å². The molecule has 0 fully saturated rings. The molecule has 0 N–H and O–H groups in total. The molecule has 0 aliphatic heterocycles. The number of rotatable bonds is 3. The van der Waals surface area contributed by atoms with Crippen molar-refractivity contribution in [1.82, 2.24) is 0 Å². The fraction of sp³-hybridized carbons (Fsp3) is 0.122. The van der Waals surface area contributed by atoms with Gasteiger partial charge in [-0.1, -0.05) is 80.6 Å². The fourth-order valence-electron chi connectivity index (χ4n) is 7.24. The topological polar surface area (TPSA) is 68.3 Å². The minimum absolute atomic E-state index is 0.207. The Balaban J connectivity index is 1.11. The van der Waals surface area contributed by atoms with E-state index in [0.717, 1.165) is 48.7 Å². The first kappa shape index (κ1) is 28.2. The van der Waals surface area contributed by atoms with Gasteiger partial charge in [-0.2, -0.15) is 0 Å². The van der Waals surface area contributed by atoms with Crippen molar-refractivity contribution in [3.63, 3.8) is 0 Å². The summed E-state index contributed by atoms with van der Waals surface area (Å²) in [5, 5.41) is 0. The first-order valence-electron chi connectivity index (χ1n) is 15.3. The molecule has 46 heavy (non-hydrogen) atoms. The highest BCUT2D eigenvalue weighted by atomic mass is 32.1. The van der Waals surface area contributed by atoms with Gasteiger partial charge in [0, 0.05) is 37.4 Å². The summed E-state index contributed by atoms with van der Waals surface area (Å²) in [6.45, 7) is 8.12. The number of carbonyl (C=O) groups excluding carboxylic acids is 4. The largest absolute Gasteiger partial charge is 0.288 e. The Morgan fingerprint density at radius 1 is 0.565 bits per heavy atom. The molecule has 0 spiro atoms. The Labute approximate surface area is 270 Å². The van der Waals surface area contributed by atoms with Crippen molar-refractivity contribution in [2.45, 2.75) is 33.1 Å². The number of thiophene rings is 1. The van der Waals surface area contributed by atoms with Crippen molar-refractivity contribution in [3.8, 4) is 21.6 Å². The predicted octanol–water partition coefficient (Wildman–Crippen LogP) is 9.26. The highest BCUT2D eigenvalue weighted by Crippen LogP contribution is 2.50. The maximum absolute atomic E-state index is 13.2. The van der Waals surface area contributed by atoms with Crippen LogP contribution >= 0.6 is 11.3 Å². The zero-order valence-electron chi connectivity index (χ0n) is 25.8. The van der Waals surface area contributed by atoms with Crippen LogP contribution < -0.4 is 0 Å². The minimum Gasteiger partial charge on any atom is -0.288 e. The number of aryl methyl sites for hydroxylation is 2. The summed E-state index contributed by atoms with van der Waals surface area (Å²) >= 11 is 1.55. The smallest absolute Gasteiger partial charge is 0.198 e. The lowest BCUT2D eigenvalue weighted by Gasteiger charge is -2.22. The van der Waals surface area contributed by atoms with E-state index >= 15 is 0 Å². The standard InChI is InChI=1S/C41H28O4S/c1-21-7-5-9-28-35(21)39(44)30(37(28)42)17-23-11-14-26-27-15-12-24(19-33(27)41(3,4)32(26)18-23)34-16-13-25(46-34)20-31-38(43)29-10-6-8-22(2)36(29)40(31)45/h5-20H,1-4H3/b30-17+,31-20+. The van der Waals surface area contributed by atoms with Gasteiger partial charge < -0.3 is 0 Å². The second-order valence-electron chi connectivity index (χ2n) is 12.8. The van der Waals surface area contributed by atoms with Crippen LogP contribution in [0.3, 0.4) is 0 Å². The highest BCUT2D eigenvalue weighted by molar-refractivity contribution is 7.16. The second kappa shape index (κ2) is 9.87. The quantitative estimate of drug-likeness (QED) is 0.150. The number of hydrogen-bond acceptors (Lipinski definition) is 5. The molecule has 5 aromatic rings. The lowest BCUT2D eigenvalue weighted by molar-refractivity contribution is 0.0974. The molecule has 0 atom stereocenters. The molecule has 0 amide bonds. The molecule has 1 aromatic heterocycles. The molecule has 3 aliphatic rings. The van der Waals surface area contributed by atoms with Gasteiger partial charge >= 0.3 is 0 Å². The molecule has 3 aliphatic carbocycles. The fourth-order valence-corrected chi connectivity index (χ4v) is 8.19. The molecule has 1 heterocycles. The van der Waals surface area contributed by atoms with Crippen LogP contribution in [-0.4, -0.2) is 23.1 Å². The van der Waals surface area contributed by atoms with E-state index in [1.165, 1.54) is 5.56 Å². The van der Waals surface area contributed by atoms with Gasteiger partial charge in [-0.05, 0) is 88.7 Å². The summed E-state index contributed by atoms with van der Waals surface area (Å²) in [6.07, 6.45) is 3.46. The van der Waals surface area contributed by atoms with Gasteiger partial charge in [0.1, 0.15) is 0 Å². The van der Waals surface area contributed by atoms with E-state index in [1.807, 2.05) is 56.3 Å². The Morgan fingerprint density at radius 3 is 1.74 bits per heavy atom.